The second-order valence-corrected chi connectivity index (χ2v) is 6.30. The summed E-state index contributed by atoms with van der Waals surface area (Å²) in [5, 5.41) is 6.62. The van der Waals surface area contributed by atoms with E-state index in [9.17, 15) is 0 Å². The normalized spacial score (nSPS) is 11.8. The number of imidazole rings is 1. The van der Waals surface area contributed by atoms with E-state index in [0.29, 0.717) is 13.1 Å². The van der Waals surface area contributed by atoms with E-state index in [-0.39, 0.29) is 29.6 Å². The largest absolute Gasteiger partial charge is 0.377 e. The van der Waals surface area contributed by atoms with Gasteiger partial charge in [0, 0.05) is 46.2 Å². The fourth-order valence-electron chi connectivity index (χ4n) is 2.20. The van der Waals surface area contributed by atoms with Crippen molar-refractivity contribution in [2.45, 2.75) is 32.5 Å². The van der Waals surface area contributed by atoms with Crippen LogP contribution in [-0.4, -0.2) is 41.8 Å². The van der Waals surface area contributed by atoms with E-state index in [2.05, 4.69) is 49.4 Å². The topological polar surface area (TPSA) is 63.5 Å². The highest BCUT2D eigenvalue weighted by Crippen LogP contribution is 2.08. The molecule has 6 nitrogen and oxygen atoms in total. The molecule has 2 N–H and O–H groups in total. The molecule has 0 amide bonds. The summed E-state index contributed by atoms with van der Waals surface area (Å²) >= 11 is 0. The molecule has 0 spiro atoms. The first kappa shape index (κ1) is 21.4. The first-order valence-electron chi connectivity index (χ1n) is 8.05. The number of nitrogens with zero attached hydrogens (tertiary/aromatic N) is 3. The fraction of sp³-hybridized carbons (Fsp3) is 0.444. The molecule has 138 valence electrons. The molecule has 0 aliphatic heterocycles. The van der Waals surface area contributed by atoms with Crippen molar-refractivity contribution in [3.8, 4) is 0 Å². The summed E-state index contributed by atoms with van der Waals surface area (Å²) in [6.45, 7) is 6.29. The van der Waals surface area contributed by atoms with Crippen LogP contribution in [-0.2, 0) is 17.8 Å². The van der Waals surface area contributed by atoms with Gasteiger partial charge in [-0.15, -0.1) is 24.0 Å². The van der Waals surface area contributed by atoms with E-state index in [1.54, 1.807) is 20.4 Å². The van der Waals surface area contributed by atoms with Crippen LogP contribution in [0, 0.1) is 0 Å². The number of ether oxygens (including phenoxy) is 1. The molecule has 0 fully saturated rings. The zero-order valence-corrected chi connectivity index (χ0v) is 17.7. The highest BCUT2D eigenvalue weighted by molar-refractivity contribution is 14.0. The first-order valence-corrected chi connectivity index (χ1v) is 8.05. The van der Waals surface area contributed by atoms with Gasteiger partial charge in [0.1, 0.15) is 0 Å². The molecule has 2 aromatic rings. The van der Waals surface area contributed by atoms with Crippen molar-refractivity contribution in [1.82, 2.24) is 20.2 Å². The van der Waals surface area contributed by atoms with Gasteiger partial charge in [0.2, 0.25) is 0 Å². The van der Waals surface area contributed by atoms with Gasteiger partial charge in [-0.1, -0.05) is 24.3 Å². The molecule has 2 rings (SSSR count). The molecule has 1 heterocycles. The lowest BCUT2D eigenvalue weighted by Gasteiger charge is -2.24. The van der Waals surface area contributed by atoms with Crippen LogP contribution in [0.3, 0.4) is 0 Å². The SMILES string of the molecule is CN=C(NCc1cccc(Cn2ccnc2)c1)NCC(C)(C)OC.I. The van der Waals surface area contributed by atoms with Crippen LogP contribution in [0.5, 0.6) is 0 Å². The van der Waals surface area contributed by atoms with Gasteiger partial charge in [-0.05, 0) is 25.0 Å². The zero-order valence-electron chi connectivity index (χ0n) is 15.3. The molecule has 0 saturated heterocycles. The predicted molar refractivity (Wildman–Crippen MR) is 112 cm³/mol. The van der Waals surface area contributed by atoms with Crippen LogP contribution in [0.4, 0.5) is 0 Å². The van der Waals surface area contributed by atoms with Gasteiger partial charge in [0.25, 0.3) is 0 Å². The average Bonchev–Trinajstić information content (AvgIpc) is 3.08. The third kappa shape index (κ3) is 7.43. The van der Waals surface area contributed by atoms with Crippen molar-refractivity contribution in [3.05, 3.63) is 54.1 Å². The average molecular weight is 457 g/mol. The Morgan fingerprint density at radius 2 is 2.04 bits per heavy atom. The lowest BCUT2D eigenvalue weighted by atomic mass is 10.1. The minimum Gasteiger partial charge on any atom is -0.377 e. The quantitative estimate of drug-likeness (QED) is 0.381. The van der Waals surface area contributed by atoms with Crippen LogP contribution < -0.4 is 10.6 Å². The first-order chi connectivity index (χ1) is 11.5. The number of hydrogen-bond donors (Lipinski definition) is 2. The third-order valence-corrected chi connectivity index (χ3v) is 3.83. The second kappa shape index (κ2) is 10.4. The van der Waals surface area contributed by atoms with Crippen molar-refractivity contribution in [2.75, 3.05) is 20.7 Å². The molecule has 0 bridgehead atoms. The number of aromatic nitrogens is 2. The van der Waals surface area contributed by atoms with Crippen molar-refractivity contribution < 1.29 is 4.74 Å². The molecule has 0 unspecified atom stereocenters. The lowest BCUT2D eigenvalue weighted by molar-refractivity contribution is 0.0268. The fourth-order valence-corrected chi connectivity index (χ4v) is 2.20. The van der Waals surface area contributed by atoms with Crippen LogP contribution >= 0.6 is 24.0 Å². The Balaban J connectivity index is 0.00000312. The van der Waals surface area contributed by atoms with Crippen molar-refractivity contribution in [3.63, 3.8) is 0 Å². The molecule has 0 atom stereocenters. The van der Waals surface area contributed by atoms with Crippen molar-refractivity contribution in [1.29, 1.82) is 0 Å². The minimum absolute atomic E-state index is 0. The zero-order chi connectivity index (χ0) is 17.4. The maximum absolute atomic E-state index is 5.41. The standard InChI is InChI=1S/C18H27N5O.HI/c1-18(2,24-4)13-22-17(19-3)21-11-15-6-5-7-16(10-15)12-23-9-8-20-14-23;/h5-10,14H,11-13H2,1-4H3,(H2,19,21,22);1H. The van der Waals surface area contributed by atoms with Crippen LogP contribution in [0.2, 0.25) is 0 Å². The molecular weight excluding hydrogens is 429 g/mol. The van der Waals surface area contributed by atoms with E-state index in [1.807, 2.05) is 26.4 Å². The van der Waals surface area contributed by atoms with Crippen LogP contribution in [0.25, 0.3) is 0 Å². The maximum Gasteiger partial charge on any atom is 0.191 e. The third-order valence-electron chi connectivity index (χ3n) is 3.83. The Morgan fingerprint density at radius 1 is 1.28 bits per heavy atom. The number of nitrogens with one attached hydrogen (secondary N) is 2. The Kier molecular flexibility index (Phi) is 8.91. The summed E-state index contributed by atoms with van der Waals surface area (Å²) in [7, 11) is 3.48. The van der Waals surface area contributed by atoms with E-state index in [0.717, 1.165) is 12.5 Å². The predicted octanol–water partition coefficient (Wildman–Crippen LogP) is 2.64. The van der Waals surface area contributed by atoms with Gasteiger partial charge in [-0.2, -0.15) is 0 Å². The molecule has 0 radical (unpaired) electrons. The Labute approximate surface area is 167 Å². The second-order valence-electron chi connectivity index (χ2n) is 6.30. The summed E-state index contributed by atoms with van der Waals surface area (Å²) < 4.78 is 7.46. The monoisotopic (exact) mass is 457 g/mol. The van der Waals surface area contributed by atoms with Gasteiger partial charge >= 0.3 is 0 Å². The summed E-state index contributed by atoms with van der Waals surface area (Å²) in [5.41, 5.74) is 2.22. The van der Waals surface area contributed by atoms with E-state index in [1.165, 1.54) is 11.1 Å². The molecule has 0 aliphatic rings. The number of halogens is 1. The summed E-state index contributed by atoms with van der Waals surface area (Å²) in [6, 6.07) is 8.50. The van der Waals surface area contributed by atoms with Crippen LogP contribution in [0.1, 0.15) is 25.0 Å². The summed E-state index contributed by atoms with van der Waals surface area (Å²) in [4.78, 5) is 8.33. The highest BCUT2D eigenvalue weighted by Gasteiger charge is 2.16. The van der Waals surface area contributed by atoms with E-state index >= 15 is 0 Å². The number of rotatable bonds is 7. The number of benzene rings is 1. The summed E-state index contributed by atoms with van der Waals surface area (Å²) in [5.74, 6) is 0.764. The summed E-state index contributed by atoms with van der Waals surface area (Å²) in [6.07, 6.45) is 5.59. The number of hydrogen-bond acceptors (Lipinski definition) is 3. The minimum atomic E-state index is -0.234. The molecule has 0 aliphatic carbocycles. The molecule has 7 heteroatoms. The van der Waals surface area contributed by atoms with Crippen molar-refractivity contribution >= 4 is 29.9 Å². The van der Waals surface area contributed by atoms with Crippen LogP contribution in [0.15, 0.2) is 48.0 Å². The van der Waals surface area contributed by atoms with Gasteiger partial charge < -0.3 is 19.9 Å². The van der Waals surface area contributed by atoms with E-state index < -0.39 is 0 Å². The van der Waals surface area contributed by atoms with Gasteiger partial charge in [-0.3, -0.25) is 4.99 Å². The number of guanidine groups is 1. The maximum atomic E-state index is 5.41. The molecular formula is C18H28IN5O. The molecule has 25 heavy (non-hydrogen) atoms. The smallest absolute Gasteiger partial charge is 0.191 e. The number of methoxy groups -OCH3 is 1. The Morgan fingerprint density at radius 3 is 2.68 bits per heavy atom. The molecule has 0 saturated carbocycles. The van der Waals surface area contributed by atoms with Gasteiger partial charge in [0.15, 0.2) is 5.96 Å². The Bertz CT molecular complexity index is 655. The molecule has 1 aromatic carbocycles. The highest BCUT2D eigenvalue weighted by atomic mass is 127. The number of aliphatic imine (C=N–C) groups is 1. The van der Waals surface area contributed by atoms with Crippen molar-refractivity contribution in [2.24, 2.45) is 4.99 Å². The van der Waals surface area contributed by atoms with Gasteiger partial charge in [0.05, 0.1) is 11.9 Å². The van der Waals surface area contributed by atoms with E-state index in [4.69, 9.17) is 4.74 Å². The Hall–Kier alpha value is -1.61. The lowest BCUT2D eigenvalue weighted by Crippen LogP contribution is -2.45. The van der Waals surface area contributed by atoms with Gasteiger partial charge in [-0.25, -0.2) is 4.98 Å². The molecule has 1 aromatic heterocycles.